The van der Waals surface area contributed by atoms with Crippen LogP contribution < -0.4 is 5.32 Å². The second kappa shape index (κ2) is 7.28. The molecule has 0 aromatic rings. The van der Waals surface area contributed by atoms with Crippen molar-refractivity contribution in [2.24, 2.45) is 5.92 Å². The maximum absolute atomic E-state index is 11.6. The summed E-state index contributed by atoms with van der Waals surface area (Å²) < 4.78 is 23.2. The van der Waals surface area contributed by atoms with E-state index in [9.17, 15) is 8.42 Å². The lowest BCUT2D eigenvalue weighted by Gasteiger charge is -2.18. The van der Waals surface area contributed by atoms with E-state index in [2.05, 4.69) is 19.2 Å². The van der Waals surface area contributed by atoms with Crippen molar-refractivity contribution in [2.75, 3.05) is 12.8 Å². The maximum atomic E-state index is 11.6. The summed E-state index contributed by atoms with van der Waals surface area (Å²) in [5.74, 6) is 0.972. The van der Waals surface area contributed by atoms with Crippen LogP contribution in [0.2, 0.25) is 0 Å². The molecule has 1 N–H and O–H groups in total. The Morgan fingerprint density at radius 1 is 1.12 bits per heavy atom. The van der Waals surface area contributed by atoms with E-state index >= 15 is 0 Å². The average Bonchev–Trinajstić information content (AvgIpc) is 2.15. The van der Waals surface area contributed by atoms with Gasteiger partial charge >= 0.3 is 0 Å². The summed E-state index contributed by atoms with van der Waals surface area (Å²) in [6, 6.07) is 0.447. The van der Waals surface area contributed by atoms with Crippen molar-refractivity contribution < 1.29 is 8.42 Å². The molecule has 0 amide bonds. The van der Waals surface area contributed by atoms with Gasteiger partial charge in [-0.3, -0.25) is 0 Å². The predicted octanol–water partition coefficient (Wildman–Crippen LogP) is 2.22. The lowest BCUT2D eigenvalue weighted by Crippen LogP contribution is -2.28. The first-order chi connectivity index (χ1) is 7.29. The third kappa shape index (κ3) is 6.48. The minimum atomic E-state index is -2.86. The molecule has 0 radical (unpaired) electrons. The van der Waals surface area contributed by atoms with Crippen molar-refractivity contribution in [3.8, 4) is 0 Å². The second-order valence-electron chi connectivity index (χ2n) is 5.17. The number of hydrogen-bond acceptors (Lipinski definition) is 3. The van der Waals surface area contributed by atoms with E-state index in [1.54, 1.807) is 13.8 Å². The molecule has 4 heteroatoms. The van der Waals surface area contributed by atoms with Crippen molar-refractivity contribution in [2.45, 2.75) is 58.2 Å². The number of sulfone groups is 1. The smallest absolute Gasteiger partial charge is 0.152 e. The van der Waals surface area contributed by atoms with Gasteiger partial charge in [0.25, 0.3) is 0 Å². The average molecular weight is 249 g/mol. The Hall–Kier alpha value is -0.0900. The fourth-order valence-corrected chi connectivity index (χ4v) is 2.76. The highest BCUT2D eigenvalue weighted by Gasteiger charge is 2.16. The molecule has 0 saturated carbocycles. The van der Waals surface area contributed by atoms with E-state index in [1.807, 2.05) is 7.05 Å². The maximum Gasteiger partial charge on any atom is 0.152 e. The van der Waals surface area contributed by atoms with Gasteiger partial charge in [0.1, 0.15) is 0 Å². The molecule has 98 valence electrons. The molecule has 0 aromatic heterocycles. The first-order valence-corrected chi connectivity index (χ1v) is 7.90. The van der Waals surface area contributed by atoms with Gasteiger partial charge < -0.3 is 5.32 Å². The normalized spacial score (nSPS) is 14.7. The monoisotopic (exact) mass is 249 g/mol. The van der Waals surface area contributed by atoms with Gasteiger partial charge in [-0.05, 0) is 46.1 Å². The van der Waals surface area contributed by atoms with Gasteiger partial charge in [0, 0.05) is 6.04 Å². The van der Waals surface area contributed by atoms with Gasteiger partial charge in [-0.1, -0.05) is 13.8 Å². The van der Waals surface area contributed by atoms with Crippen LogP contribution in [0, 0.1) is 5.92 Å². The zero-order valence-electron chi connectivity index (χ0n) is 11.3. The van der Waals surface area contributed by atoms with Crippen molar-refractivity contribution in [1.82, 2.24) is 5.32 Å². The van der Waals surface area contributed by atoms with Crippen molar-refractivity contribution in [3.05, 3.63) is 0 Å². The Morgan fingerprint density at radius 2 is 1.69 bits per heavy atom. The molecule has 0 aliphatic rings. The number of rotatable bonds is 8. The first kappa shape index (κ1) is 15.9. The fraction of sp³-hybridized carbons (Fsp3) is 1.00. The Morgan fingerprint density at radius 3 is 2.06 bits per heavy atom. The van der Waals surface area contributed by atoms with Crippen molar-refractivity contribution in [1.29, 1.82) is 0 Å². The molecule has 16 heavy (non-hydrogen) atoms. The minimum absolute atomic E-state index is 0.245. The Balaban J connectivity index is 3.96. The number of hydrogen-bond donors (Lipinski definition) is 1. The van der Waals surface area contributed by atoms with Crippen LogP contribution in [0.1, 0.15) is 47.0 Å². The van der Waals surface area contributed by atoms with Crippen LogP contribution in [0.15, 0.2) is 0 Å². The fourth-order valence-electron chi connectivity index (χ4n) is 1.72. The molecule has 0 aliphatic carbocycles. The standard InChI is InChI=1S/C12H27NO2S/c1-10(2)9-12(13-5)7-6-8-16(14,15)11(3)4/h10-13H,6-9H2,1-5H3. The zero-order valence-corrected chi connectivity index (χ0v) is 12.1. The zero-order chi connectivity index (χ0) is 12.8. The van der Waals surface area contributed by atoms with E-state index in [0.717, 1.165) is 19.3 Å². The second-order valence-corrected chi connectivity index (χ2v) is 7.85. The summed E-state index contributed by atoms with van der Waals surface area (Å²) in [6.45, 7) is 7.88. The summed E-state index contributed by atoms with van der Waals surface area (Å²) in [5, 5.41) is 3.01. The van der Waals surface area contributed by atoms with E-state index in [-0.39, 0.29) is 5.25 Å². The molecular weight excluding hydrogens is 222 g/mol. The molecule has 0 spiro atoms. The van der Waals surface area contributed by atoms with Gasteiger partial charge in [0.15, 0.2) is 9.84 Å². The van der Waals surface area contributed by atoms with E-state index in [1.165, 1.54) is 0 Å². The van der Waals surface area contributed by atoms with Crippen molar-refractivity contribution >= 4 is 9.84 Å². The molecule has 0 rings (SSSR count). The van der Waals surface area contributed by atoms with E-state index in [0.29, 0.717) is 17.7 Å². The Labute approximate surface area is 101 Å². The lowest BCUT2D eigenvalue weighted by atomic mass is 10.0. The molecule has 0 bridgehead atoms. The van der Waals surface area contributed by atoms with Crippen LogP contribution in [-0.2, 0) is 9.84 Å². The van der Waals surface area contributed by atoms with E-state index < -0.39 is 9.84 Å². The van der Waals surface area contributed by atoms with Crippen molar-refractivity contribution in [3.63, 3.8) is 0 Å². The van der Waals surface area contributed by atoms with E-state index in [4.69, 9.17) is 0 Å². The summed E-state index contributed by atoms with van der Waals surface area (Å²) >= 11 is 0. The largest absolute Gasteiger partial charge is 0.317 e. The Bertz CT molecular complexity index is 271. The lowest BCUT2D eigenvalue weighted by molar-refractivity contribution is 0.418. The highest BCUT2D eigenvalue weighted by Crippen LogP contribution is 2.11. The van der Waals surface area contributed by atoms with Gasteiger partial charge in [-0.15, -0.1) is 0 Å². The Kier molecular flexibility index (Phi) is 7.24. The SMILES string of the molecule is CNC(CCCS(=O)(=O)C(C)C)CC(C)C. The molecule has 1 unspecified atom stereocenters. The highest BCUT2D eigenvalue weighted by atomic mass is 32.2. The number of nitrogens with one attached hydrogen (secondary N) is 1. The minimum Gasteiger partial charge on any atom is -0.317 e. The van der Waals surface area contributed by atoms with Gasteiger partial charge in [-0.2, -0.15) is 0 Å². The summed E-state index contributed by atoms with van der Waals surface area (Å²) in [6.07, 6.45) is 2.82. The molecule has 0 fully saturated rings. The van der Waals surface area contributed by atoms with Crippen LogP contribution in [0.4, 0.5) is 0 Å². The van der Waals surface area contributed by atoms with Crippen LogP contribution in [0.5, 0.6) is 0 Å². The topological polar surface area (TPSA) is 46.2 Å². The summed E-state index contributed by atoms with van der Waals surface area (Å²) in [7, 11) is -0.910. The molecule has 0 saturated heterocycles. The molecule has 0 aromatic carbocycles. The quantitative estimate of drug-likeness (QED) is 0.717. The van der Waals surface area contributed by atoms with Crippen LogP contribution in [0.25, 0.3) is 0 Å². The van der Waals surface area contributed by atoms with Gasteiger partial charge in [0.05, 0.1) is 11.0 Å². The van der Waals surface area contributed by atoms with Crippen LogP contribution in [-0.4, -0.2) is 32.5 Å². The molecule has 1 atom stereocenters. The molecular formula is C12H27NO2S. The third-order valence-corrected chi connectivity index (χ3v) is 5.16. The molecule has 0 aliphatic heterocycles. The summed E-state index contributed by atoms with van der Waals surface area (Å²) in [4.78, 5) is 0. The van der Waals surface area contributed by atoms with Crippen LogP contribution in [0.3, 0.4) is 0 Å². The predicted molar refractivity (Wildman–Crippen MR) is 70.5 cm³/mol. The van der Waals surface area contributed by atoms with Crippen LogP contribution >= 0.6 is 0 Å². The van der Waals surface area contributed by atoms with Gasteiger partial charge in [-0.25, -0.2) is 8.42 Å². The molecule has 3 nitrogen and oxygen atoms in total. The molecule has 0 heterocycles. The first-order valence-electron chi connectivity index (χ1n) is 6.18. The highest BCUT2D eigenvalue weighted by molar-refractivity contribution is 7.91. The van der Waals surface area contributed by atoms with Gasteiger partial charge in [0.2, 0.25) is 0 Å². The summed E-state index contributed by atoms with van der Waals surface area (Å²) in [5.41, 5.74) is 0. The third-order valence-electron chi connectivity index (χ3n) is 2.86.